The van der Waals surface area contributed by atoms with E-state index in [1.165, 1.54) is 0 Å². The van der Waals surface area contributed by atoms with Crippen LogP contribution in [0.3, 0.4) is 0 Å². The number of carbonyl (C=O) groups excluding carboxylic acids is 1. The van der Waals surface area contributed by atoms with Gasteiger partial charge < -0.3 is 15.4 Å². The molecule has 1 heterocycles. The predicted octanol–water partition coefficient (Wildman–Crippen LogP) is 2.05. The molecule has 4 heteroatoms. The fraction of sp³-hybridized carbons (Fsp3) is 0.438. The van der Waals surface area contributed by atoms with Gasteiger partial charge in [0.25, 0.3) is 0 Å². The zero-order valence-electron chi connectivity index (χ0n) is 12.1. The van der Waals surface area contributed by atoms with Crippen molar-refractivity contribution in [3.05, 3.63) is 35.9 Å². The number of methoxy groups -OCH3 is 1. The predicted molar refractivity (Wildman–Crippen MR) is 80.4 cm³/mol. The molecule has 1 atom stereocenters. The van der Waals surface area contributed by atoms with Gasteiger partial charge in [-0.25, -0.2) is 0 Å². The average Bonchev–Trinajstić information content (AvgIpc) is 2.95. The molecular formula is C16H22N2O2. The van der Waals surface area contributed by atoms with Crippen molar-refractivity contribution in [1.82, 2.24) is 4.90 Å². The van der Waals surface area contributed by atoms with E-state index in [4.69, 9.17) is 10.5 Å². The van der Waals surface area contributed by atoms with E-state index < -0.39 is 0 Å². The Kier molecular flexibility index (Phi) is 4.79. The van der Waals surface area contributed by atoms with Crippen molar-refractivity contribution in [1.29, 1.82) is 0 Å². The molecule has 1 unspecified atom stereocenters. The van der Waals surface area contributed by atoms with Crippen LogP contribution in [0.15, 0.2) is 30.3 Å². The van der Waals surface area contributed by atoms with E-state index in [1.807, 2.05) is 36.1 Å². The SMILES string of the molecule is COc1cccc(/C(C)=C/C(=O)N2CCCC2CN)c1. The summed E-state index contributed by atoms with van der Waals surface area (Å²) in [6, 6.07) is 7.92. The maximum absolute atomic E-state index is 12.3. The van der Waals surface area contributed by atoms with E-state index >= 15 is 0 Å². The molecule has 2 rings (SSSR count). The topological polar surface area (TPSA) is 55.6 Å². The molecule has 1 aliphatic rings. The number of hydrogen-bond acceptors (Lipinski definition) is 3. The quantitative estimate of drug-likeness (QED) is 0.855. The van der Waals surface area contributed by atoms with Crippen LogP contribution in [0.4, 0.5) is 0 Å². The molecule has 2 N–H and O–H groups in total. The first-order valence-electron chi connectivity index (χ1n) is 6.99. The zero-order valence-corrected chi connectivity index (χ0v) is 12.1. The molecule has 20 heavy (non-hydrogen) atoms. The van der Waals surface area contributed by atoms with Crippen LogP contribution in [0.2, 0.25) is 0 Å². The molecule has 1 aromatic carbocycles. The first-order chi connectivity index (χ1) is 9.65. The maximum Gasteiger partial charge on any atom is 0.247 e. The highest BCUT2D eigenvalue weighted by atomic mass is 16.5. The number of rotatable bonds is 4. The molecule has 1 saturated heterocycles. The number of benzene rings is 1. The lowest BCUT2D eigenvalue weighted by atomic mass is 10.1. The van der Waals surface area contributed by atoms with Gasteiger partial charge in [0.05, 0.1) is 7.11 Å². The van der Waals surface area contributed by atoms with Gasteiger partial charge in [-0.05, 0) is 43.0 Å². The second-order valence-corrected chi connectivity index (χ2v) is 5.12. The summed E-state index contributed by atoms with van der Waals surface area (Å²) in [7, 11) is 1.64. The number of hydrogen-bond donors (Lipinski definition) is 1. The summed E-state index contributed by atoms with van der Waals surface area (Å²) in [5.41, 5.74) is 7.65. The van der Waals surface area contributed by atoms with Crippen LogP contribution in [0.5, 0.6) is 5.75 Å². The minimum atomic E-state index is 0.0540. The first kappa shape index (κ1) is 14.6. The Morgan fingerprint density at radius 1 is 1.55 bits per heavy atom. The molecule has 4 nitrogen and oxygen atoms in total. The van der Waals surface area contributed by atoms with Crippen molar-refractivity contribution in [2.75, 3.05) is 20.2 Å². The molecule has 1 aromatic rings. The van der Waals surface area contributed by atoms with Crippen molar-refractivity contribution in [3.8, 4) is 5.75 Å². The Bertz CT molecular complexity index is 511. The number of carbonyl (C=O) groups is 1. The number of allylic oxidation sites excluding steroid dienone is 1. The number of ether oxygens (including phenoxy) is 1. The average molecular weight is 274 g/mol. The normalized spacial score (nSPS) is 19.2. The van der Waals surface area contributed by atoms with Gasteiger partial charge in [-0.15, -0.1) is 0 Å². The molecule has 1 aliphatic heterocycles. The lowest BCUT2D eigenvalue weighted by Gasteiger charge is -2.22. The Morgan fingerprint density at radius 3 is 3.05 bits per heavy atom. The van der Waals surface area contributed by atoms with Crippen LogP contribution in [0.25, 0.3) is 5.57 Å². The third-order valence-corrected chi connectivity index (χ3v) is 3.80. The Morgan fingerprint density at radius 2 is 2.35 bits per heavy atom. The standard InChI is InChI=1S/C16H22N2O2/c1-12(13-5-3-7-15(10-13)20-2)9-16(19)18-8-4-6-14(18)11-17/h3,5,7,9-10,14H,4,6,8,11,17H2,1-2H3/b12-9+. The highest BCUT2D eigenvalue weighted by Crippen LogP contribution is 2.22. The van der Waals surface area contributed by atoms with Crippen LogP contribution in [0.1, 0.15) is 25.3 Å². The van der Waals surface area contributed by atoms with Gasteiger partial charge in [0.2, 0.25) is 5.91 Å². The summed E-state index contributed by atoms with van der Waals surface area (Å²) in [5, 5.41) is 0. The fourth-order valence-electron chi connectivity index (χ4n) is 2.59. The molecule has 0 saturated carbocycles. The Hall–Kier alpha value is -1.81. The van der Waals surface area contributed by atoms with Gasteiger partial charge in [-0.2, -0.15) is 0 Å². The smallest absolute Gasteiger partial charge is 0.247 e. The van der Waals surface area contributed by atoms with Crippen molar-refractivity contribution in [3.63, 3.8) is 0 Å². The van der Waals surface area contributed by atoms with Crippen LogP contribution in [-0.4, -0.2) is 37.0 Å². The number of amides is 1. The molecular weight excluding hydrogens is 252 g/mol. The van der Waals surface area contributed by atoms with Gasteiger partial charge in [-0.3, -0.25) is 4.79 Å². The second kappa shape index (κ2) is 6.57. The monoisotopic (exact) mass is 274 g/mol. The Balaban J connectivity index is 2.14. The van der Waals surface area contributed by atoms with Gasteiger partial charge in [0, 0.05) is 25.2 Å². The van der Waals surface area contributed by atoms with Crippen LogP contribution in [0, 0.1) is 0 Å². The van der Waals surface area contributed by atoms with Gasteiger partial charge >= 0.3 is 0 Å². The van der Waals surface area contributed by atoms with E-state index in [0.717, 1.165) is 36.3 Å². The van der Waals surface area contributed by atoms with E-state index in [-0.39, 0.29) is 11.9 Å². The molecule has 0 bridgehead atoms. The molecule has 1 fully saturated rings. The summed E-state index contributed by atoms with van der Waals surface area (Å²) < 4.78 is 5.21. The van der Waals surface area contributed by atoms with Crippen molar-refractivity contribution in [2.45, 2.75) is 25.8 Å². The van der Waals surface area contributed by atoms with Gasteiger partial charge in [0.1, 0.15) is 5.75 Å². The minimum absolute atomic E-state index is 0.0540. The second-order valence-electron chi connectivity index (χ2n) is 5.12. The highest BCUT2D eigenvalue weighted by molar-refractivity contribution is 5.95. The van der Waals surface area contributed by atoms with Crippen LogP contribution >= 0.6 is 0 Å². The van der Waals surface area contributed by atoms with Crippen molar-refractivity contribution >= 4 is 11.5 Å². The highest BCUT2D eigenvalue weighted by Gasteiger charge is 2.26. The van der Waals surface area contributed by atoms with Crippen LogP contribution < -0.4 is 10.5 Å². The van der Waals surface area contributed by atoms with Gasteiger partial charge in [-0.1, -0.05) is 12.1 Å². The molecule has 0 aromatic heterocycles. The van der Waals surface area contributed by atoms with Crippen molar-refractivity contribution in [2.24, 2.45) is 5.73 Å². The number of likely N-dealkylation sites (tertiary alicyclic amines) is 1. The first-order valence-corrected chi connectivity index (χ1v) is 6.99. The molecule has 0 aliphatic carbocycles. The summed E-state index contributed by atoms with van der Waals surface area (Å²) in [6.45, 7) is 3.29. The largest absolute Gasteiger partial charge is 0.497 e. The van der Waals surface area contributed by atoms with E-state index in [9.17, 15) is 4.79 Å². The summed E-state index contributed by atoms with van der Waals surface area (Å²) in [4.78, 5) is 14.2. The van der Waals surface area contributed by atoms with E-state index in [1.54, 1.807) is 13.2 Å². The maximum atomic E-state index is 12.3. The molecule has 108 valence electrons. The summed E-state index contributed by atoms with van der Waals surface area (Å²) in [5.74, 6) is 0.849. The third kappa shape index (κ3) is 3.20. The summed E-state index contributed by atoms with van der Waals surface area (Å²) in [6.07, 6.45) is 3.75. The minimum Gasteiger partial charge on any atom is -0.497 e. The lowest BCUT2D eigenvalue weighted by Crippen LogP contribution is -2.39. The molecule has 0 radical (unpaired) electrons. The lowest BCUT2D eigenvalue weighted by molar-refractivity contribution is -0.126. The van der Waals surface area contributed by atoms with Crippen LogP contribution in [-0.2, 0) is 4.79 Å². The van der Waals surface area contributed by atoms with E-state index in [2.05, 4.69) is 0 Å². The number of nitrogens with zero attached hydrogens (tertiary/aromatic N) is 1. The zero-order chi connectivity index (χ0) is 14.5. The fourth-order valence-corrected chi connectivity index (χ4v) is 2.59. The summed E-state index contributed by atoms with van der Waals surface area (Å²) >= 11 is 0. The molecule has 0 spiro atoms. The van der Waals surface area contributed by atoms with E-state index in [0.29, 0.717) is 6.54 Å². The third-order valence-electron chi connectivity index (χ3n) is 3.80. The van der Waals surface area contributed by atoms with Gasteiger partial charge in [0.15, 0.2) is 0 Å². The number of nitrogens with two attached hydrogens (primary N) is 1. The molecule has 1 amide bonds. The van der Waals surface area contributed by atoms with Crippen molar-refractivity contribution < 1.29 is 9.53 Å². The Labute approximate surface area is 120 Å².